The van der Waals surface area contributed by atoms with Crippen molar-refractivity contribution in [2.45, 2.75) is 12.8 Å². The quantitative estimate of drug-likeness (QED) is 0.918. The van der Waals surface area contributed by atoms with Crippen molar-refractivity contribution in [1.82, 2.24) is 10.3 Å². The molecule has 3 heterocycles. The van der Waals surface area contributed by atoms with Gasteiger partial charge in [0, 0.05) is 50.2 Å². The van der Waals surface area contributed by atoms with Gasteiger partial charge >= 0.3 is 0 Å². The molecule has 4 rings (SSSR count). The van der Waals surface area contributed by atoms with E-state index in [2.05, 4.69) is 10.2 Å². The molecule has 5 nitrogen and oxygen atoms in total. The van der Waals surface area contributed by atoms with E-state index in [9.17, 15) is 4.79 Å². The maximum Gasteiger partial charge on any atom is 0.227 e. The molecular weight excluding hydrogens is 312 g/mol. The number of amides is 1. The Labute approximate surface area is 140 Å². The van der Waals surface area contributed by atoms with Gasteiger partial charge in [0.1, 0.15) is 5.82 Å². The first-order valence-electron chi connectivity index (χ1n) is 8.09. The lowest BCUT2D eigenvalue weighted by atomic mass is 10.1. The number of hydrogen-bond donors (Lipinski definition) is 1. The third-order valence-corrected chi connectivity index (χ3v) is 4.81. The van der Waals surface area contributed by atoms with Crippen LogP contribution in [0.15, 0.2) is 24.3 Å². The Bertz CT molecular complexity index is 758. The highest BCUT2D eigenvalue weighted by atomic mass is 35.5. The van der Waals surface area contributed by atoms with Crippen molar-refractivity contribution < 1.29 is 4.79 Å². The topological polar surface area (TPSA) is 48.5 Å². The molecule has 2 aromatic rings. The van der Waals surface area contributed by atoms with Crippen LogP contribution in [0.3, 0.4) is 0 Å². The third-order valence-electron chi connectivity index (χ3n) is 4.53. The molecular formula is C17H19ClN4O. The van der Waals surface area contributed by atoms with Gasteiger partial charge in [-0.05, 0) is 30.7 Å². The van der Waals surface area contributed by atoms with Gasteiger partial charge in [-0.2, -0.15) is 0 Å². The molecule has 0 radical (unpaired) electrons. The van der Waals surface area contributed by atoms with Gasteiger partial charge < -0.3 is 15.1 Å². The maximum atomic E-state index is 11.9. The third kappa shape index (κ3) is 2.75. The summed E-state index contributed by atoms with van der Waals surface area (Å²) in [5.74, 6) is 1.05. The molecule has 1 aromatic heterocycles. The lowest BCUT2D eigenvalue weighted by Crippen LogP contribution is -2.44. The Morgan fingerprint density at radius 1 is 1.13 bits per heavy atom. The molecule has 120 valence electrons. The number of nitrogens with one attached hydrogen (secondary N) is 1. The second-order valence-electron chi connectivity index (χ2n) is 6.06. The van der Waals surface area contributed by atoms with E-state index in [-0.39, 0.29) is 5.91 Å². The smallest absolute Gasteiger partial charge is 0.227 e. The minimum Gasteiger partial charge on any atom is -0.353 e. The maximum absolute atomic E-state index is 11.9. The molecule has 1 aromatic carbocycles. The zero-order chi connectivity index (χ0) is 15.8. The first kappa shape index (κ1) is 14.7. The van der Waals surface area contributed by atoms with Gasteiger partial charge in [-0.1, -0.05) is 11.6 Å². The lowest BCUT2D eigenvalue weighted by Gasteiger charge is -2.29. The number of rotatable bonds is 2. The summed E-state index contributed by atoms with van der Waals surface area (Å²) in [6.07, 6.45) is 1.57. The number of pyridine rings is 1. The number of carbonyl (C=O) groups is 1. The lowest BCUT2D eigenvalue weighted by molar-refractivity contribution is -0.117. The van der Waals surface area contributed by atoms with Gasteiger partial charge in [0.05, 0.1) is 10.5 Å². The van der Waals surface area contributed by atoms with Crippen LogP contribution in [0.1, 0.15) is 12.8 Å². The van der Waals surface area contributed by atoms with Gasteiger partial charge in [0.2, 0.25) is 5.91 Å². The minimum atomic E-state index is 0.195. The van der Waals surface area contributed by atoms with Gasteiger partial charge in [0.15, 0.2) is 0 Å². The first-order valence-corrected chi connectivity index (χ1v) is 8.46. The Hall–Kier alpha value is -1.85. The van der Waals surface area contributed by atoms with Crippen LogP contribution in [0.4, 0.5) is 11.5 Å². The van der Waals surface area contributed by atoms with Crippen molar-refractivity contribution in [2.75, 3.05) is 42.5 Å². The molecule has 0 aliphatic carbocycles. The van der Waals surface area contributed by atoms with Crippen molar-refractivity contribution in [1.29, 1.82) is 0 Å². The molecule has 0 atom stereocenters. The van der Waals surface area contributed by atoms with Crippen LogP contribution in [-0.4, -0.2) is 43.6 Å². The fourth-order valence-corrected chi connectivity index (χ4v) is 3.59. The zero-order valence-corrected chi connectivity index (χ0v) is 13.6. The van der Waals surface area contributed by atoms with E-state index < -0.39 is 0 Å². The van der Waals surface area contributed by atoms with E-state index in [1.54, 1.807) is 0 Å². The Morgan fingerprint density at radius 2 is 1.96 bits per heavy atom. The van der Waals surface area contributed by atoms with E-state index in [1.165, 1.54) is 0 Å². The van der Waals surface area contributed by atoms with Crippen molar-refractivity contribution in [3.05, 3.63) is 29.3 Å². The average Bonchev–Trinajstić information content (AvgIpc) is 3.00. The highest BCUT2D eigenvalue weighted by Gasteiger charge is 2.22. The molecule has 1 N–H and O–H groups in total. The van der Waals surface area contributed by atoms with E-state index in [4.69, 9.17) is 16.6 Å². The predicted octanol–water partition coefficient (Wildman–Crippen LogP) is 2.42. The summed E-state index contributed by atoms with van der Waals surface area (Å²) in [5, 5.41) is 4.98. The molecule has 0 spiro atoms. The number of piperazine rings is 1. The number of carbonyl (C=O) groups excluding carboxylic acids is 1. The van der Waals surface area contributed by atoms with Crippen LogP contribution < -0.4 is 15.1 Å². The fourth-order valence-electron chi connectivity index (χ4n) is 3.32. The number of fused-ring (bicyclic) bond motifs is 1. The summed E-state index contributed by atoms with van der Waals surface area (Å²) < 4.78 is 0. The second-order valence-corrected chi connectivity index (χ2v) is 6.46. The van der Waals surface area contributed by atoms with E-state index in [0.29, 0.717) is 11.4 Å². The minimum absolute atomic E-state index is 0.195. The summed E-state index contributed by atoms with van der Waals surface area (Å²) in [5.41, 5.74) is 1.85. The van der Waals surface area contributed by atoms with Crippen LogP contribution in [-0.2, 0) is 4.79 Å². The van der Waals surface area contributed by atoms with Crippen molar-refractivity contribution >= 4 is 39.9 Å². The molecule has 23 heavy (non-hydrogen) atoms. The Balaban J connectivity index is 1.71. The summed E-state index contributed by atoms with van der Waals surface area (Å²) in [4.78, 5) is 20.7. The number of anilines is 2. The summed E-state index contributed by atoms with van der Waals surface area (Å²) >= 11 is 6.47. The molecule has 6 heteroatoms. The molecule has 2 saturated heterocycles. The number of halogens is 1. The fraction of sp³-hybridized carbons (Fsp3) is 0.412. The number of benzene rings is 1. The van der Waals surface area contributed by atoms with Gasteiger partial charge in [-0.3, -0.25) is 4.79 Å². The van der Waals surface area contributed by atoms with Crippen LogP contribution >= 0.6 is 11.6 Å². The monoisotopic (exact) mass is 330 g/mol. The average molecular weight is 331 g/mol. The van der Waals surface area contributed by atoms with E-state index in [0.717, 1.165) is 61.6 Å². The Morgan fingerprint density at radius 3 is 2.70 bits per heavy atom. The summed E-state index contributed by atoms with van der Waals surface area (Å²) in [6.45, 7) is 4.53. The highest BCUT2D eigenvalue weighted by molar-refractivity contribution is 6.33. The molecule has 0 bridgehead atoms. The van der Waals surface area contributed by atoms with Crippen molar-refractivity contribution in [2.24, 2.45) is 0 Å². The number of aromatic nitrogens is 1. The van der Waals surface area contributed by atoms with E-state index in [1.807, 2.05) is 29.2 Å². The summed E-state index contributed by atoms with van der Waals surface area (Å²) in [7, 11) is 0. The molecule has 0 unspecified atom stereocenters. The normalized spacial score (nSPS) is 18.9. The molecule has 0 saturated carbocycles. The number of hydrogen-bond acceptors (Lipinski definition) is 4. The van der Waals surface area contributed by atoms with E-state index >= 15 is 0 Å². The zero-order valence-electron chi connectivity index (χ0n) is 12.9. The van der Waals surface area contributed by atoms with Crippen molar-refractivity contribution in [3.63, 3.8) is 0 Å². The summed E-state index contributed by atoms with van der Waals surface area (Å²) in [6, 6.07) is 7.94. The van der Waals surface area contributed by atoms with Crippen LogP contribution in [0.25, 0.3) is 10.9 Å². The standard InChI is InChI=1S/C17H19ClN4O/c18-14-11-12-10-13(22-7-1-2-16(22)23)3-4-15(12)20-17(14)21-8-5-19-6-9-21/h3-4,10-11,19H,1-2,5-9H2. The molecule has 2 aliphatic heterocycles. The van der Waals surface area contributed by atoms with Crippen LogP contribution in [0, 0.1) is 0 Å². The van der Waals surface area contributed by atoms with Gasteiger partial charge in [0.25, 0.3) is 0 Å². The molecule has 2 aliphatic rings. The van der Waals surface area contributed by atoms with Crippen molar-refractivity contribution in [3.8, 4) is 0 Å². The highest BCUT2D eigenvalue weighted by Crippen LogP contribution is 2.31. The van der Waals surface area contributed by atoms with Gasteiger partial charge in [-0.25, -0.2) is 4.98 Å². The van der Waals surface area contributed by atoms with Gasteiger partial charge in [-0.15, -0.1) is 0 Å². The molecule has 1 amide bonds. The van der Waals surface area contributed by atoms with Crippen LogP contribution in [0.2, 0.25) is 5.02 Å². The SMILES string of the molecule is O=C1CCCN1c1ccc2nc(N3CCNCC3)c(Cl)cc2c1. The predicted molar refractivity (Wildman–Crippen MR) is 93.4 cm³/mol. The largest absolute Gasteiger partial charge is 0.353 e. The van der Waals surface area contributed by atoms with Crippen LogP contribution in [0.5, 0.6) is 0 Å². The second kappa shape index (κ2) is 5.98. The Kier molecular flexibility index (Phi) is 3.83. The molecule has 2 fully saturated rings. The first-order chi connectivity index (χ1) is 11.2. The number of nitrogens with zero attached hydrogens (tertiary/aromatic N) is 3.